The molecule has 4 aliphatic rings. The van der Waals surface area contributed by atoms with E-state index in [0.29, 0.717) is 25.8 Å². The van der Waals surface area contributed by atoms with Gasteiger partial charge in [-0.25, -0.2) is 0 Å². The number of amides is 3. The number of hydrogen-bond acceptors (Lipinski definition) is 7. The predicted octanol–water partition coefficient (Wildman–Crippen LogP) is 3.70. The molecule has 5 rings (SSSR count). The Morgan fingerprint density at radius 3 is 2.43 bits per heavy atom. The van der Waals surface area contributed by atoms with Crippen LogP contribution in [0.4, 0.5) is 0 Å². The van der Waals surface area contributed by atoms with Crippen molar-refractivity contribution in [2.45, 2.75) is 96.1 Å². The Balaban J connectivity index is 1.58. The van der Waals surface area contributed by atoms with Gasteiger partial charge in [0, 0.05) is 31.7 Å². The maximum atomic E-state index is 14.8. The third-order valence-corrected chi connectivity index (χ3v) is 9.54. The van der Waals surface area contributed by atoms with Crippen LogP contribution in [0.2, 0.25) is 0 Å². The van der Waals surface area contributed by atoms with Gasteiger partial charge in [-0.1, -0.05) is 75.4 Å². The number of unbranched alkanes of at least 4 members (excludes halogenated alkanes) is 1. The summed E-state index contributed by atoms with van der Waals surface area (Å²) in [6.45, 7) is 11.2. The molecule has 10 nitrogen and oxygen atoms in total. The van der Waals surface area contributed by atoms with Crippen LogP contribution in [0.3, 0.4) is 0 Å². The van der Waals surface area contributed by atoms with Gasteiger partial charge in [0.1, 0.15) is 23.7 Å². The second-order valence-corrected chi connectivity index (χ2v) is 14.8. The molecule has 2 N–H and O–H groups in total. The van der Waals surface area contributed by atoms with E-state index in [1.807, 2.05) is 61.2 Å². The topological polar surface area (TPSA) is 125 Å². The Hall–Kier alpha value is -3.50. The van der Waals surface area contributed by atoms with Crippen molar-refractivity contribution >= 4 is 23.7 Å². The molecule has 10 heteroatoms. The van der Waals surface area contributed by atoms with Crippen molar-refractivity contribution in [3.8, 4) is 0 Å². The Morgan fingerprint density at radius 2 is 1.74 bits per heavy atom. The van der Waals surface area contributed by atoms with Crippen molar-refractivity contribution in [2.75, 3.05) is 26.2 Å². The van der Waals surface area contributed by atoms with E-state index in [1.54, 1.807) is 17.1 Å². The van der Waals surface area contributed by atoms with E-state index in [-0.39, 0.29) is 49.3 Å². The smallest absolute Gasteiger partial charge is 0.313 e. The average molecular weight is 636 g/mol. The van der Waals surface area contributed by atoms with Crippen LogP contribution >= 0.6 is 0 Å². The van der Waals surface area contributed by atoms with Crippen LogP contribution in [-0.4, -0.2) is 88.1 Å². The van der Waals surface area contributed by atoms with Gasteiger partial charge in [-0.3, -0.25) is 19.2 Å². The number of likely N-dealkylation sites (tertiary alicyclic amines) is 1. The van der Waals surface area contributed by atoms with Gasteiger partial charge in [0.15, 0.2) is 0 Å². The molecule has 0 unspecified atom stereocenters. The first-order valence-electron chi connectivity index (χ1n) is 16.6. The number of ether oxygens (including phenoxy) is 2. The molecular weight excluding hydrogens is 586 g/mol. The number of aliphatic hydroxyl groups is 1. The summed E-state index contributed by atoms with van der Waals surface area (Å²) < 4.78 is 12.9. The summed E-state index contributed by atoms with van der Waals surface area (Å²) >= 11 is 0. The molecule has 250 valence electrons. The van der Waals surface area contributed by atoms with Gasteiger partial charge in [-0.2, -0.15) is 0 Å². The first-order valence-corrected chi connectivity index (χ1v) is 16.6. The molecule has 3 amide bonds. The van der Waals surface area contributed by atoms with Gasteiger partial charge in [-0.05, 0) is 50.5 Å². The Bertz CT molecular complexity index is 1370. The minimum Gasteiger partial charge on any atom is -0.455 e. The molecule has 0 bridgehead atoms. The largest absolute Gasteiger partial charge is 0.455 e. The van der Waals surface area contributed by atoms with Crippen LogP contribution in [0.1, 0.15) is 78.4 Å². The van der Waals surface area contributed by atoms with Crippen LogP contribution in [-0.2, 0) is 28.7 Å². The Morgan fingerprint density at radius 1 is 1.00 bits per heavy atom. The van der Waals surface area contributed by atoms with Gasteiger partial charge < -0.3 is 29.7 Å². The highest BCUT2D eigenvalue weighted by Gasteiger charge is 2.72. The fraction of sp³-hybridized carbons (Fsp3) is 0.611. The number of fused-ring (bicyclic) bond motifs is 2. The molecule has 0 radical (unpaired) electrons. The standard InChI is InChI=1S/C36H49N3O7/c1-34(2,3)23-35(4,5)39-20-13-18-36-29(31(42)38(19-11-12-21-40)30(36)32(39)43)28-25(46-36)16-9-10-17-27(41)37-22-26(45-33(28)44)24-14-7-6-8-15-24/h6-9,13-16,18,25-26,28-30,40H,10-12,17,19-23H2,1-5H3,(H,37,41)/b16-9-/t25-,26+,28+,29+,30-,36+/m1/s1. The SMILES string of the molecule is CC(C)(C)CC(C)(C)N1CC=C[C@]23O[C@@H]4/C=C\CCC(=O)NC[C@@H](c5ccccc5)OC(=O)[C@@H]4[C@H]2C(=O)N(CCCCO)[C@@H]3C1=O. The molecule has 4 aliphatic heterocycles. The molecule has 2 saturated heterocycles. The molecule has 2 fully saturated rings. The van der Waals surface area contributed by atoms with E-state index in [9.17, 15) is 24.3 Å². The number of carbonyl (C=O) groups excluding carboxylic acids is 4. The van der Waals surface area contributed by atoms with Gasteiger partial charge in [0.25, 0.3) is 0 Å². The third kappa shape index (κ3) is 6.65. The van der Waals surface area contributed by atoms with Crippen molar-refractivity contribution in [1.29, 1.82) is 0 Å². The Labute approximate surface area is 272 Å². The number of hydrogen-bond donors (Lipinski definition) is 2. The Kier molecular flexibility index (Phi) is 9.80. The molecule has 6 atom stereocenters. The molecule has 1 aromatic carbocycles. The van der Waals surface area contributed by atoms with Crippen molar-refractivity contribution < 1.29 is 33.8 Å². The van der Waals surface area contributed by atoms with E-state index < -0.39 is 47.2 Å². The molecule has 46 heavy (non-hydrogen) atoms. The summed E-state index contributed by atoms with van der Waals surface area (Å²) in [5.41, 5.74) is -1.26. The fourth-order valence-corrected chi connectivity index (χ4v) is 7.98. The summed E-state index contributed by atoms with van der Waals surface area (Å²) in [7, 11) is 0. The van der Waals surface area contributed by atoms with E-state index in [4.69, 9.17) is 9.47 Å². The maximum absolute atomic E-state index is 14.8. The van der Waals surface area contributed by atoms with Gasteiger partial charge in [-0.15, -0.1) is 0 Å². The molecule has 0 aliphatic carbocycles. The number of cyclic esters (lactones) is 1. The second-order valence-electron chi connectivity index (χ2n) is 14.8. The number of esters is 1. The van der Waals surface area contributed by atoms with Crippen molar-refractivity contribution in [3.63, 3.8) is 0 Å². The highest BCUT2D eigenvalue weighted by molar-refractivity contribution is 5.99. The summed E-state index contributed by atoms with van der Waals surface area (Å²) in [6, 6.07) is 8.22. The monoisotopic (exact) mass is 635 g/mol. The van der Waals surface area contributed by atoms with Crippen molar-refractivity contribution in [1.82, 2.24) is 15.1 Å². The number of nitrogens with zero attached hydrogens (tertiary/aromatic N) is 2. The summed E-state index contributed by atoms with van der Waals surface area (Å²) in [5.74, 6) is -3.32. The van der Waals surface area contributed by atoms with Gasteiger partial charge in [0.05, 0.1) is 18.6 Å². The molecule has 1 aromatic rings. The van der Waals surface area contributed by atoms with E-state index in [1.165, 1.54) is 0 Å². The normalized spacial score (nSPS) is 31.2. The lowest BCUT2D eigenvalue weighted by Crippen LogP contribution is -2.59. The number of carbonyl (C=O) groups is 4. The number of allylic oxidation sites excluding steroid dienone is 1. The second kappa shape index (κ2) is 13.3. The number of nitrogens with one attached hydrogen (secondary N) is 1. The lowest BCUT2D eigenvalue weighted by atomic mass is 9.77. The number of aliphatic hydroxyl groups excluding tert-OH is 1. The van der Waals surface area contributed by atoms with Crippen LogP contribution in [0.5, 0.6) is 0 Å². The zero-order chi connectivity index (χ0) is 33.3. The van der Waals surface area contributed by atoms with E-state index in [2.05, 4.69) is 26.1 Å². The quantitative estimate of drug-likeness (QED) is 0.266. The van der Waals surface area contributed by atoms with Crippen molar-refractivity contribution in [3.05, 3.63) is 60.2 Å². The summed E-state index contributed by atoms with van der Waals surface area (Å²) in [6.07, 6.45) is 8.05. The van der Waals surface area contributed by atoms with E-state index >= 15 is 0 Å². The lowest BCUT2D eigenvalue weighted by Gasteiger charge is -2.44. The third-order valence-electron chi connectivity index (χ3n) is 9.54. The van der Waals surface area contributed by atoms with Gasteiger partial charge >= 0.3 is 5.97 Å². The van der Waals surface area contributed by atoms with Crippen molar-refractivity contribution in [2.24, 2.45) is 17.3 Å². The van der Waals surface area contributed by atoms with Crippen LogP contribution in [0.15, 0.2) is 54.6 Å². The minimum atomic E-state index is -1.39. The zero-order valence-electron chi connectivity index (χ0n) is 27.7. The predicted molar refractivity (Wildman–Crippen MR) is 172 cm³/mol. The highest BCUT2D eigenvalue weighted by atomic mass is 16.6. The zero-order valence-corrected chi connectivity index (χ0v) is 27.7. The molecule has 0 aromatic heterocycles. The number of benzene rings is 1. The molecule has 0 saturated carbocycles. The van der Waals surface area contributed by atoms with Crippen LogP contribution < -0.4 is 5.32 Å². The summed E-state index contributed by atoms with van der Waals surface area (Å²) in [5, 5.41) is 12.4. The molecule has 1 spiro atoms. The average Bonchev–Trinajstić information content (AvgIpc) is 3.36. The molecular formula is C36H49N3O7. The highest BCUT2D eigenvalue weighted by Crippen LogP contribution is 2.54. The minimum absolute atomic E-state index is 0.0322. The van der Waals surface area contributed by atoms with Crippen LogP contribution in [0.25, 0.3) is 0 Å². The van der Waals surface area contributed by atoms with Crippen LogP contribution in [0, 0.1) is 17.3 Å². The van der Waals surface area contributed by atoms with E-state index in [0.717, 1.165) is 12.0 Å². The van der Waals surface area contributed by atoms with Gasteiger partial charge in [0.2, 0.25) is 17.7 Å². The molecule has 4 heterocycles. The maximum Gasteiger partial charge on any atom is 0.313 e. The first-order chi connectivity index (χ1) is 21.8. The first kappa shape index (κ1) is 33.9. The number of rotatable bonds is 7. The lowest BCUT2D eigenvalue weighted by molar-refractivity contribution is -0.160. The fourth-order valence-electron chi connectivity index (χ4n) is 7.98. The summed E-state index contributed by atoms with van der Waals surface area (Å²) in [4.78, 5) is 59.6.